The molecule has 0 fully saturated rings. The topological polar surface area (TPSA) is 65.8 Å². The highest BCUT2D eigenvalue weighted by atomic mass is 19.1. The number of anilines is 1. The summed E-state index contributed by atoms with van der Waals surface area (Å²) in [5.74, 6) is -0.294. The first-order valence-corrected chi connectivity index (χ1v) is 8.54. The van der Waals surface area contributed by atoms with Crippen LogP contribution in [0.25, 0.3) is 10.9 Å². The number of carbonyl (C=O) groups excluding carboxylic acids is 1. The van der Waals surface area contributed by atoms with Crippen molar-refractivity contribution < 1.29 is 9.18 Å². The van der Waals surface area contributed by atoms with Crippen LogP contribution in [0.3, 0.4) is 0 Å². The molecule has 0 radical (unpaired) electrons. The number of benzene rings is 1. The Bertz CT molecular complexity index is 798. The van der Waals surface area contributed by atoms with Crippen LogP contribution in [-0.4, -0.2) is 10.9 Å². The van der Waals surface area contributed by atoms with Crippen molar-refractivity contribution in [2.24, 2.45) is 17.3 Å². The van der Waals surface area contributed by atoms with Gasteiger partial charge in [0.25, 0.3) is 0 Å². The second-order valence-electron chi connectivity index (χ2n) is 7.38. The van der Waals surface area contributed by atoms with E-state index >= 15 is 0 Å². The maximum Gasteiger partial charge on any atom is 0.244 e. The Kier molecular flexibility index (Phi) is 5.73. The summed E-state index contributed by atoms with van der Waals surface area (Å²) in [6.45, 7) is 8.00. The fourth-order valence-corrected chi connectivity index (χ4v) is 3.25. The molecule has 4 nitrogen and oxygen atoms in total. The van der Waals surface area contributed by atoms with Gasteiger partial charge in [0.2, 0.25) is 5.91 Å². The maximum atomic E-state index is 13.7. The van der Waals surface area contributed by atoms with E-state index in [0.29, 0.717) is 23.9 Å². The number of pyridine rings is 1. The molecule has 0 spiro atoms. The molecule has 0 atom stereocenters. The van der Waals surface area contributed by atoms with Crippen LogP contribution in [-0.2, 0) is 4.79 Å². The summed E-state index contributed by atoms with van der Waals surface area (Å²) in [7, 11) is 0. The molecule has 1 aromatic carbocycles. The van der Waals surface area contributed by atoms with Crippen molar-refractivity contribution in [3.8, 4) is 6.07 Å². The summed E-state index contributed by atoms with van der Waals surface area (Å²) in [5.41, 5.74) is -0.356. The molecule has 2 rings (SSSR count). The fraction of sp³-hybridized carbons (Fsp3) is 0.450. The van der Waals surface area contributed by atoms with E-state index in [0.717, 1.165) is 0 Å². The number of hydrogen-bond acceptors (Lipinski definition) is 3. The lowest BCUT2D eigenvalue weighted by Gasteiger charge is -2.28. The van der Waals surface area contributed by atoms with Gasteiger partial charge in [0.15, 0.2) is 0 Å². The second-order valence-corrected chi connectivity index (χ2v) is 7.38. The van der Waals surface area contributed by atoms with Gasteiger partial charge in [-0.3, -0.25) is 9.78 Å². The predicted octanol–water partition coefficient (Wildman–Crippen LogP) is 4.91. The molecule has 0 saturated heterocycles. The van der Waals surface area contributed by atoms with Crippen LogP contribution >= 0.6 is 0 Å². The van der Waals surface area contributed by atoms with E-state index in [1.807, 2.05) is 27.7 Å². The zero-order chi connectivity index (χ0) is 18.6. The summed E-state index contributed by atoms with van der Waals surface area (Å²) in [6, 6.07) is 8.61. The zero-order valence-corrected chi connectivity index (χ0v) is 15.1. The van der Waals surface area contributed by atoms with E-state index in [9.17, 15) is 14.4 Å². The van der Waals surface area contributed by atoms with Crippen molar-refractivity contribution in [1.29, 1.82) is 5.26 Å². The molecule has 1 aromatic heterocycles. The van der Waals surface area contributed by atoms with Gasteiger partial charge in [-0.15, -0.1) is 0 Å². The molecule has 0 aliphatic rings. The van der Waals surface area contributed by atoms with Gasteiger partial charge in [0.1, 0.15) is 16.7 Å². The van der Waals surface area contributed by atoms with E-state index in [1.165, 1.54) is 12.3 Å². The van der Waals surface area contributed by atoms with E-state index < -0.39 is 11.2 Å². The molecule has 0 aliphatic heterocycles. The number of carbonyl (C=O) groups is 1. The predicted molar refractivity (Wildman–Crippen MR) is 97.3 cm³/mol. The molecule has 2 aromatic rings. The van der Waals surface area contributed by atoms with Crippen LogP contribution < -0.4 is 5.32 Å². The molecule has 0 saturated carbocycles. The van der Waals surface area contributed by atoms with Crippen LogP contribution in [0.1, 0.15) is 40.5 Å². The highest BCUT2D eigenvalue weighted by Gasteiger charge is 2.40. The summed E-state index contributed by atoms with van der Waals surface area (Å²) in [4.78, 5) is 17.0. The smallest absolute Gasteiger partial charge is 0.244 e. The Morgan fingerprint density at radius 1 is 1.28 bits per heavy atom. The first-order valence-electron chi connectivity index (χ1n) is 8.54. The minimum atomic E-state index is -1.08. The molecular weight excluding hydrogens is 317 g/mol. The number of nitriles is 1. The quantitative estimate of drug-likeness (QED) is 0.811. The molecule has 1 heterocycles. The minimum absolute atomic E-state index is 0.216. The van der Waals surface area contributed by atoms with Gasteiger partial charge in [-0.1, -0.05) is 39.8 Å². The minimum Gasteiger partial charge on any atom is -0.323 e. The average molecular weight is 341 g/mol. The summed E-state index contributed by atoms with van der Waals surface area (Å²) in [5, 5.41) is 13.2. The molecule has 132 valence electrons. The highest BCUT2D eigenvalue weighted by Crippen LogP contribution is 2.35. The fourth-order valence-electron chi connectivity index (χ4n) is 3.25. The van der Waals surface area contributed by atoms with Crippen molar-refractivity contribution in [1.82, 2.24) is 4.98 Å². The highest BCUT2D eigenvalue weighted by molar-refractivity contribution is 5.98. The lowest BCUT2D eigenvalue weighted by atomic mass is 9.74. The zero-order valence-electron chi connectivity index (χ0n) is 15.1. The lowest BCUT2D eigenvalue weighted by Crippen LogP contribution is -2.37. The number of aromatic nitrogens is 1. The van der Waals surface area contributed by atoms with Gasteiger partial charge < -0.3 is 5.32 Å². The normalized spacial score (nSPS) is 11.8. The van der Waals surface area contributed by atoms with E-state index in [2.05, 4.69) is 16.4 Å². The molecule has 0 aliphatic carbocycles. The van der Waals surface area contributed by atoms with Crippen LogP contribution in [0, 0.1) is 34.4 Å². The number of fused-ring (bicyclic) bond motifs is 1. The van der Waals surface area contributed by atoms with Gasteiger partial charge in [0.05, 0.1) is 18.0 Å². The monoisotopic (exact) mass is 341 g/mol. The third-order valence-electron chi connectivity index (χ3n) is 4.08. The Hall–Kier alpha value is -2.48. The Morgan fingerprint density at radius 3 is 2.48 bits per heavy atom. The molecule has 0 unspecified atom stereocenters. The number of hydrogen-bond donors (Lipinski definition) is 1. The van der Waals surface area contributed by atoms with E-state index in [4.69, 9.17) is 0 Å². The number of para-hydroxylation sites is 1. The molecule has 1 amide bonds. The number of nitrogens with one attached hydrogen (secondary N) is 1. The van der Waals surface area contributed by atoms with Gasteiger partial charge >= 0.3 is 0 Å². The number of halogens is 1. The maximum absolute atomic E-state index is 13.7. The summed E-state index contributed by atoms with van der Waals surface area (Å²) < 4.78 is 13.7. The van der Waals surface area contributed by atoms with Crippen LogP contribution in [0.15, 0.2) is 30.5 Å². The largest absolute Gasteiger partial charge is 0.323 e. The van der Waals surface area contributed by atoms with Gasteiger partial charge in [0, 0.05) is 5.39 Å². The van der Waals surface area contributed by atoms with Crippen molar-refractivity contribution >= 4 is 22.5 Å². The summed E-state index contributed by atoms with van der Waals surface area (Å²) in [6.07, 6.45) is 2.41. The van der Waals surface area contributed by atoms with Gasteiger partial charge in [-0.05, 0) is 36.8 Å². The lowest BCUT2D eigenvalue weighted by molar-refractivity contribution is -0.124. The second kappa shape index (κ2) is 7.60. The standard InChI is InChI=1S/C20H24FN3O/c1-13(2)9-20(12-22,10-14(3)4)19(25)24-16-8-15-6-5-7-17(21)18(15)23-11-16/h5-8,11,13-14H,9-10H2,1-4H3,(H,24,25). The third kappa shape index (κ3) is 4.33. The molecule has 1 N–H and O–H groups in total. The van der Waals surface area contributed by atoms with Crippen LogP contribution in [0.4, 0.5) is 10.1 Å². The van der Waals surface area contributed by atoms with E-state index in [1.54, 1.807) is 18.2 Å². The van der Waals surface area contributed by atoms with E-state index in [-0.39, 0.29) is 23.3 Å². The number of rotatable bonds is 6. The first-order chi connectivity index (χ1) is 11.8. The molecule has 25 heavy (non-hydrogen) atoms. The van der Waals surface area contributed by atoms with Crippen LogP contribution in [0.2, 0.25) is 0 Å². The Labute approximate surface area is 148 Å². The SMILES string of the molecule is CC(C)CC(C#N)(CC(C)C)C(=O)Nc1cnc2c(F)cccc2c1. The van der Waals surface area contributed by atoms with Crippen molar-refractivity contribution in [3.05, 3.63) is 36.3 Å². The molecule has 5 heteroatoms. The van der Waals surface area contributed by atoms with Crippen molar-refractivity contribution in [2.45, 2.75) is 40.5 Å². The van der Waals surface area contributed by atoms with Gasteiger partial charge in [-0.2, -0.15) is 5.26 Å². The van der Waals surface area contributed by atoms with Crippen molar-refractivity contribution in [3.63, 3.8) is 0 Å². The summed E-state index contributed by atoms with van der Waals surface area (Å²) >= 11 is 0. The Morgan fingerprint density at radius 2 is 1.92 bits per heavy atom. The van der Waals surface area contributed by atoms with Gasteiger partial charge in [-0.25, -0.2) is 4.39 Å². The average Bonchev–Trinajstić information content (AvgIpc) is 2.53. The van der Waals surface area contributed by atoms with Crippen molar-refractivity contribution in [2.75, 3.05) is 5.32 Å². The molecular formula is C20H24FN3O. The first kappa shape index (κ1) is 18.9. The third-order valence-corrected chi connectivity index (χ3v) is 4.08. The Balaban J connectivity index is 2.33. The molecule has 0 bridgehead atoms. The van der Waals surface area contributed by atoms with Crippen LogP contribution in [0.5, 0.6) is 0 Å². The number of amides is 1. The number of nitrogens with zero attached hydrogens (tertiary/aromatic N) is 2.